The van der Waals surface area contributed by atoms with E-state index < -0.39 is 17.9 Å². The Hall–Kier alpha value is -3.26. The number of anilines is 1. The highest BCUT2D eigenvalue weighted by Crippen LogP contribution is 2.33. The fourth-order valence-electron chi connectivity index (χ4n) is 3.32. The van der Waals surface area contributed by atoms with Crippen LogP contribution in [0.5, 0.6) is 5.75 Å². The molecule has 2 amide bonds. The Morgan fingerprint density at radius 1 is 1.23 bits per heavy atom. The number of nitrogens with one attached hydrogen (secondary N) is 1. The maximum absolute atomic E-state index is 13.3. The van der Waals surface area contributed by atoms with Crippen LogP contribution in [-0.4, -0.2) is 47.4 Å². The number of hydrogen-bond donors (Lipinski definition) is 2. The van der Waals surface area contributed by atoms with Crippen molar-refractivity contribution in [3.63, 3.8) is 0 Å². The first kappa shape index (κ1) is 21.4. The van der Waals surface area contributed by atoms with Gasteiger partial charge in [0, 0.05) is 48.1 Å². The van der Waals surface area contributed by atoms with Crippen LogP contribution < -0.4 is 5.32 Å². The summed E-state index contributed by atoms with van der Waals surface area (Å²) in [5, 5.41) is 12.3. The smallest absolute Gasteiger partial charge is 0.264 e. The second-order valence-electron chi connectivity index (χ2n) is 7.33. The van der Waals surface area contributed by atoms with E-state index in [4.69, 9.17) is 0 Å². The van der Waals surface area contributed by atoms with Crippen LogP contribution in [0, 0.1) is 0 Å². The maximum Gasteiger partial charge on any atom is 0.264 e. The van der Waals surface area contributed by atoms with Crippen LogP contribution in [0.4, 0.5) is 14.5 Å². The van der Waals surface area contributed by atoms with Gasteiger partial charge in [-0.15, -0.1) is 0 Å². The molecule has 8 heteroatoms. The molecule has 0 aromatic heterocycles. The zero-order valence-corrected chi connectivity index (χ0v) is 16.7. The van der Waals surface area contributed by atoms with Crippen molar-refractivity contribution in [2.75, 3.05) is 26.0 Å². The zero-order valence-electron chi connectivity index (χ0n) is 16.7. The molecule has 0 aliphatic carbocycles. The van der Waals surface area contributed by atoms with Crippen molar-refractivity contribution in [2.24, 2.45) is 0 Å². The van der Waals surface area contributed by atoms with Crippen LogP contribution in [0.3, 0.4) is 0 Å². The lowest BCUT2D eigenvalue weighted by atomic mass is 10.1. The lowest BCUT2D eigenvalue weighted by molar-refractivity contribution is -0.111. The van der Waals surface area contributed by atoms with E-state index in [-0.39, 0.29) is 30.3 Å². The Balaban J connectivity index is 1.78. The fraction of sp³-hybridized carbons (Fsp3) is 0.273. The van der Waals surface area contributed by atoms with Crippen molar-refractivity contribution < 1.29 is 23.5 Å². The summed E-state index contributed by atoms with van der Waals surface area (Å²) in [7, 11) is 3.79. The molecule has 1 aliphatic rings. The predicted molar refractivity (Wildman–Crippen MR) is 109 cm³/mol. The number of fused-ring (bicyclic) bond motifs is 1. The highest BCUT2D eigenvalue weighted by Gasteiger charge is 2.29. The third kappa shape index (κ3) is 4.83. The molecule has 158 valence electrons. The molecule has 0 saturated carbocycles. The molecule has 0 radical (unpaired) electrons. The van der Waals surface area contributed by atoms with E-state index in [0.717, 1.165) is 17.2 Å². The molecule has 0 fully saturated rings. The van der Waals surface area contributed by atoms with E-state index in [1.165, 1.54) is 23.1 Å². The lowest BCUT2D eigenvalue weighted by Gasteiger charge is -2.18. The number of nitrogens with zero attached hydrogens (tertiary/aromatic N) is 2. The molecule has 0 unspecified atom stereocenters. The summed E-state index contributed by atoms with van der Waals surface area (Å²) in [5.41, 5.74) is 1.55. The molecule has 1 aliphatic heterocycles. The summed E-state index contributed by atoms with van der Waals surface area (Å²) in [6.07, 6.45) is 0.304. The number of phenols is 1. The predicted octanol–water partition coefficient (Wildman–Crippen LogP) is 3.54. The SMILES string of the molecule is CN(C)C/C=C/C(=O)Nc1cccc2c1CN(C(=O)c1ccc(O)cc1C(F)F)C2. The van der Waals surface area contributed by atoms with Gasteiger partial charge in [-0.25, -0.2) is 8.78 Å². The minimum absolute atomic E-state index is 0.146. The van der Waals surface area contributed by atoms with E-state index in [0.29, 0.717) is 12.2 Å². The Labute approximate surface area is 173 Å². The summed E-state index contributed by atoms with van der Waals surface area (Å²) >= 11 is 0. The van der Waals surface area contributed by atoms with Gasteiger partial charge in [0.25, 0.3) is 12.3 Å². The number of amides is 2. The zero-order chi connectivity index (χ0) is 21.8. The molecular formula is C22H23F2N3O3. The van der Waals surface area contributed by atoms with Crippen molar-refractivity contribution in [3.05, 3.63) is 70.8 Å². The van der Waals surface area contributed by atoms with E-state index in [1.807, 2.05) is 25.1 Å². The maximum atomic E-state index is 13.3. The first-order valence-corrected chi connectivity index (χ1v) is 9.39. The second-order valence-corrected chi connectivity index (χ2v) is 7.33. The summed E-state index contributed by atoms with van der Waals surface area (Å²) in [5.74, 6) is -1.16. The standard InChI is InChI=1S/C22H23F2N3O3/c1-26(2)10-4-7-20(29)25-19-6-3-5-14-12-27(13-18(14)19)22(30)16-9-8-15(28)11-17(16)21(23)24/h3-9,11,21,28H,10,12-13H2,1-2H3,(H,25,29)/b7-4+. The monoisotopic (exact) mass is 415 g/mol. The molecule has 0 bridgehead atoms. The van der Waals surface area contributed by atoms with Crippen molar-refractivity contribution >= 4 is 17.5 Å². The molecule has 0 atom stereocenters. The summed E-state index contributed by atoms with van der Waals surface area (Å²) in [6, 6.07) is 8.69. The molecule has 2 N–H and O–H groups in total. The van der Waals surface area contributed by atoms with Gasteiger partial charge in [-0.2, -0.15) is 0 Å². The Morgan fingerprint density at radius 2 is 2.00 bits per heavy atom. The summed E-state index contributed by atoms with van der Waals surface area (Å²) < 4.78 is 26.7. The minimum Gasteiger partial charge on any atom is -0.508 e. The molecule has 30 heavy (non-hydrogen) atoms. The quantitative estimate of drug-likeness (QED) is 0.708. The third-order valence-corrected chi connectivity index (χ3v) is 4.77. The van der Waals surface area contributed by atoms with Gasteiger partial charge in [0.05, 0.1) is 0 Å². The molecule has 2 aromatic rings. The van der Waals surface area contributed by atoms with Crippen LogP contribution in [-0.2, 0) is 17.9 Å². The number of benzene rings is 2. The largest absolute Gasteiger partial charge is 0.508 e. The van der Waals surface area contributed by atoms with Crippen molar-refractivity contribution in [3.8, 4) is 5.75 Å². The van der Waals surface area contributed by atoms with Crippen LogP contribution in [0.2, 0.25) is 0 Å². The van der Waals surface area contributed by atoms with Gasteiger partial charge in [0.15, 0.2) is 0 Å². The van der Waals surface area contributed by atoms with E-state index in [2.05, 4.69) is 5.32 Å². The number of likely N-dealkylation sites (N-methyl/N-ethyl adjacent to an activating group) is 1. The Kier molecular flexibility index (Phi) is 6.47. The molecule has 0 spiro atoms. The van der Waals surface area contributed by atoms with Crippen LogP contribution in [0.15, 0.2) is 48.6 Å². The number of aromatic hydroxyl groups is 1. The van der Waals surface area contributed by atoms with E-state index in [1.54, 1.807) is 18.2 Å². The average Bonchev–Trinajstić information content (AvgIpc) is 3.12. The molecule has 2 aromatic carbocycles. The topological polar surface area (TPSA) is 72.9 Å². The van der Waals surface area contributed by atoms with E-state index >= 15 is 0 Å². The fourth-order valence-corrected chi connectivity index (χ4v) is 3.32. The molecule has 6 nitrogen and oxygen atoms in total. The van der Waals surface area contributed by atoms with Gasteiger partial charge in [-0.1, -0.05) is 18.2 Å². The van der Waals surface area contributed by atoms with Crippen LogP contribution >= 0.6 is 0 Å². The Morgan fingerprint density at radius 3 is 2.70 bits per heavy atom. The number of hydrogen-bond acceptors (Lipinski definition) is 4. The second kappa shape index (κ2) is 9.04. The third-order valence-electron chi connectivity index (χ3n) is 4.77. The number of phenolic OH excluding ortho intramolecular Hbond substituents is 1. The molecular weight excluding hydrogens is 392 g/mol. The van der Waals surface area contributed by atoms with Gasteiger partial charge >= 0.3 is 0 Å². The summed E-state index contributed by atoms with van der Waals surface area (Å²) in [6.45, 7) is 1.06. The highest BCUT2D eigenvalue weighted by molar-refractivity contribution is 6.00. The minimum atomic E-state index is -2.88. The molecule has 3 rings (SSSR count). The van der Waals surface area contributed by atoms with Crippen molar-refractivity contribution in [2.45, 2.75) is 19.5 Å². The van der Waals surface area contributed by atoms with Crippen LogP contribution in [0.25, 0.3) is 0 Å². The van der Waals surface area contributed by atoms with Gasteiger partial charge in [0.1, 0.15) is 5.75 Å². The summed E-state index contributed by atoms with van der Waals surface area (Å²) in [4.78, 5) is 28.4. The van der Waals surface area contributed by atoms with Crippen molar-refractivity contribution in [1.82, 2.24) is 9.80 Å². The highest BCUT2D eigenvalue weighted by atomic mass is 19.3. The first-order valence-electron chi connectivity index (χ1n) is 9.39. The Bertz CT molecular complexity index is 990. The lowest BCUT2D eigenvalue weighted by Crippen LogP contribution is -2.26. The molecule has 0 saturated heterocycles. The number of halogens is 2. The van der Waals surface area contributed by atoms with Gasteiger partial charge in [0.2, 0.25) is 5.91 Å². The van der Waals surface area contributed by atoms with Gasteiger partial charge in [-0.05, 0) is 43.9 Å². The van der Waals surface area contributed by atoms with E-state index in [9.17, 15) is 23.5 Å². The average molecular weight is 415 g/mol. The molecule has 1 heterocycles. The van der Waals surface area contributed by atoms with Crippen molar-refractivity contribution in [1.29, 1.82) is 0 Å². The normalized spacial score (nSPS) is 13.3. The number of alkyl halides is 2. The van der Waals surface area contributed by atoms with Gasteiger partial charge in [-0.3, -0.25) is 9.59 Å². The number of carbonyl (C=O) groups is 2. The number of carbonyl (C=O) groups excluding carboxylic acids is 2. The number of rotatable bonds is 6. The van der Waals surface area contributed by atoms with Crippen LogP contribution in [0.1, 0.15) is 33.5 Å². The first-order chi connectivity index (χ1) is 14.3. The van der Waals surface area contributed by atoms with Gasteiger partial charge < -0.3 is 20.2 Å².